The van der Waals surface area contributed by atoms with Crippen LogP contribution in [-0.4, -0.2) is 43.5 Å². The predicted molar refractivity (Wildman–Crippen MR) is 109 cm³/mol. The Morgan fingerprint density at radius 1 is 1.11 bits per heavy atom. The van der Waals surface area contributed by atoms with E-state index in [1.165, 1.54) is 0 Å². The molecule has 0 saturated heterocycles. The van der Waals surface area contributed by atoms with E-state index in [-0.39, 0.29) is 6.42 Å². The van der Waals surface area contributed by atoms with Gasteiger partial charge in [0, 0.05) is 16.8 Å². The summed E-state index contributed by atoms with van der Waals surface area (Å²) in [4.78, 5) is 12.1. The van der Waals surface area contributed by atoms with Crippen LogP contribution in [0.2, 0.25) is 0 Å². The second-order valence-corrected chi connectivity index (χ2v) is 8.34. The highest BCUT2D eigenvalue weighted by Crippen LogP contribution is 2.27. The molecular formula is C21H23N3O3S. The van der Waals surface area contributed by atoms with Gasteiger partial charge < -0.3 is 5.11 Å². The van der Waals surface area contributed by atoms with Crippen molar-refractivity contribution in [3.63, 3.8) is 0 Å². The number of hydrogen-bond acceptors (Lipinski definition) is 3. The Morgan fingerprint density at radius 2 is 1.75 bits per heavy atom. The maximum atomic E-state index is 12.6. The molecule has 1 aromatic heterocycles. The molecule has 0 aliphatic heterocycles. The van der Waals surface area contributed by atoms with Crippen molar-refractivity contribution in [3.05, 3.63) is 71.4 Å². The van der Waals surface area contributed by atoms with Crippen LogP contribution in [0.1, 0.15) is 16.8 Å². The zero-order chi connectivity index (χ0) is 20.3. The molecule has 0 saturated carbocycles. The van der Waals surface area contributed by atoms with E-state index in [0.29, 0.717) is 17.8 Å². The molecule has 0 aliphatic carbocycles. The van der Waals surface area contributed by atoms with Crippen molar-refractivity contribution >= 4 is 17.0 Å². The van der Waals surface area contributed by atoms with Gasteiger partial charge >= 0.3 is 5.97 Å². The topological polar surface area (TPSA) is 75.4 Å². The first-order valence-electron chi connectivity index (χ1n) is 8.89. The van der Waals surface area contributed by atoms with Gasteiger partial charge in [-0.2, -0.15) is 5.10 Å². The molecule has 0 fully saturated rings. The van der Waals surface area contributed by atoms with Gasteiger partial charge in [-0.15, -0.1) is 0 Å². The molecule has 6 nitrogen and oxygen atoms in total. The number of aliphatic carboxylic acids is 1. The smallest absolute Gasteiger partial charge is 0.307 e. The van der Waals surface area contributed by atoms with Crippen LogP contribution in [0, 0.1) is 6.92 Å². The fourth-order valence-corrected chi connectivity index (χ4v) is 4.04. The van der Waals surface area contributed by atoms with Gasteiger partial charge in [0.15, 0.2) is 0 Å². The van der Waals surface area contributed by atoms with E-state index in [1.807, 2.05) is 61.5 Å². The lowest BCUT2D eigenvalue weighted by molar-refractivity contribution is -0.136. The van der Waals surface area contributed by atoms with E-state index in [4.69, 9.17) is 5.10 Å². The Morgan fingerprint density at radius 3 is 2.39 bits per heavy atom. The molecule has 0 amide bonds. The molecule has 7 heteroatoms. The maximum absolute atomic E-state index is 12.6. The van der Waals surface area contributed by atoms with Gasteiger partial charge in [-0.1, -0.05) is 48.5 Å². The van der Waals surface area contributed by atoms with Crippen LogP contribution in [0.3, 0.4) is 0 Å². The van der Waals surface area contributed by atoms with Gasteiger partial charge in [0.25, 0.3) is 0 Å². The average molecular weight is 398 g/mol. The fraction of sp³-hybridized carbons (Fsp3) is 0.238. The summed E-state index contributed by atoms with van der Waals surface area (Å²) in [5.74, 6) is -0.894. The summed E-state index contributed by atoms with van der Waals surface area (Å²) in [6, 6.07) is 17.1. The monoisotopic (exact) mass is 397 g/mol. The summed E-state index contributed by atoms with van der Waals surface area (Å²) in [6.45, 7) is 2.30. The number of benzene rings is 2. The van der Waals surface area contributed by atoms with Crippen molar-refractivity contribution in [1.82, 2.24) is 14.1 Å². The fourth-order valence-electron chi connectivity index (χ4n) is 3.09. The van der Waals surface area contributed by atoms with Crippen LogP contribution in [0.4, 0.5) is 0 Å². The van der Waals surface area contributed by atoms with Crippen LogP contribution in [0.25, 0.3) is 11.3 Å². The van der Waals surface area contributed by atoms with Crippen molar-refractivity contribution in [2.24, 2.45) is 0 Å². The molecule has 3 aromatic rings. The van der Waals surface area contributed by atoms with Crippen molar-refractivity contribution in [2.45, 2.75) is 24.8 Å². The predicted octanol–water partition coefficient (Wildman–Crippen LogP) is 3.12. The molecule has 1 atom stereocenters. The zero-order valence-electron chi connectivity index (χ0n) is 16.1. The second kappa shape index (κ2) is 8.50. The molecule has 146 valence electrons. The molecule has 3 rings (SSSR count). The molecule has 0 aliphatic rings. The van der Waals surface area contributed by atoms with E-state index >= 15 is 0 Å². The first kappa shape index (κ1) is 20.0. The van der Waals surface area contributed by atoms with Gasteiger partial charge in [0.2, 0.25) is 0 Å². The number of hydrogen-bond donors (Lipinski definition) is 1. The second-order valence-electron chi connectivity index (χ2n) is 6.68. The number of carboxylic acids is 1. The summed E-state index contributed by atoms with van der Waals surface area (Å²) in [5, 5.41) is 14.1. The molecule has 1 N–H and O–H groups in total. The van der Waals surface area contributed by atoms with E-state index in [1.54, 1.807) is 23.1 Å². The first-order valence-corrected chi connectivity index (χ1v) is 9.99. The molecule has 28 heavy (non-hydrogen) atoms. The van der Waals surface area contributed by atoms with Gasteiger partial charge in [0.1, 0.15) is 11.0 Å². The van der Waals surface area contributed by atoms with E-state index in [0.717, 1.165) is 21.7 Å². The number of carbonyl (C=O) groups is 1. The molecular weight excluding hydrogens is 374 g/mol. The minimum atomic E-state index is -1.27. The number of carboxylic acid groups (broad SMARTS) is 1. The largest absolute Gasteiger partial charge is 0.481 e. The minimum absolute atomic E-state index is 0.0959. The molecule has 1 heterocycles. The van der Waals surface area contributed by atoms with Crippen molar-refractivity contribution in [1.29, 1.82) is 0 Å². The van der Waals surface area contributed by atoms with Crippen LogP contribution in [-0.2, 0) is 28.7 Å². The quantitative estimate of drug-likeness (QED) is 0.665. The first-order chi connectivity index (χ1) is 13.4. The number of nitrogens with zero attached hydrogens (tertiary/aromatic N) is 3. The Balaban J connectivity index is 2.06. The lowest BCUT2D eigenvalue weighted by atomic mass is 10.0. The van der Waals surface area contributed by atoms with Crippen LogP contribution < -0.4 is 0 Å². The Kier molecular flexibility index (Phi) is 6.06. The third-order valence-electron chi connectivity index (χ3n) is 4.52. The summed E-state index contributed by atoms with van der Waals surface area (Å²) in [7, 11) is 2.26. The van der Waals surface area contributed by atoms with Gasteiger partial charge in [-0.25, -0.2) is 8.51 Å². The van der Waals surface area contributed by atoms with E-state index < -0.39 is 17.0 Å². The van der Waals surface area contributed by atoms with Crippen molar-refractivity contribution in [2.75, 3.05) is 14.1 Å². The Hall–Kier alpha value is -2.77. The van der Waals surface area contributed by atoms with E-state index in [2.05, 4.69) is 0 Å². The highest BCUT2D eigenvalue weighted by Gasteiger charge is 2.20. The standard InChI is InChI=1S/C21H23N3O3S/c1-15-18(13-20(25)26)21(16-9-5-4-6-10-16)22-24(15)14-17-11-7-8-12-19(17)28(27)23(2)3/h4-12H,13-14H2,1-3H3,(H,25,26). The molecule has 1 unspecified atom stereocenters. The van der Waals surface area contributed by atoms with Crippen molar-refractivity contribution < 1.29 is 14.1 Å². The van der Waals surface area contributed by atoms with Gasteiger partial charge in [-0.05, 0) is 32.6 Å². The summed E-state index contributed by atoms with van der Waals surface area (Å²) < 4.78 is 16.1. The summed E-state index contributed by atoms with van der Waals surface area (Å²) in [6.07, 6.45) is -0.0959. The normalized spacial score (nSPS) is 12.3. The van der Waals surface area contributed by atoms with Gasteiger partial charge in [-0.3, -0.25) is 9.48 Å². The average Bonchev–Trinajstić information content (AvgIpc) is 2.97. The lowest BCUT2D eigenvalue weighted by Gasteiger charge is -2.14. The lowest BCUT2D eigenvalue weighted by Crippen LogP contribution is -2.17. The van der Waals surface area contributed by atoms with Crippen LogP contribution in [0.15, 0.2) is 59.5 Å². The number of aromatic nitrogens is 2. The number of rotatable bonds is 7. The zero-order valence-corrected chi connectivity index (χ0v) is 16.9. The molecule has 0 spiro atoms. The molecule has 2 aromatic carbocycles. The Labute approximate surface area is 167 Å². The third kappa shape index (κ3) is 4.21. The SMILES string of the molecule is Cc1c(CC(=O)O)c(-c2ccccc2)nn1Cc1ccccc1S(=O)N(C)C. The highest BCUT2D eigenvalue weighted by molar-refractivity contribution is 7.82. The van der Waals surface area contributed by atoms with Gasteiger partial charge in [0.05, 0.1) is 23.6 Å². The highest BCUT2D eigenvalue weighted by atomic mass is 32.2. The third-order valence-corrected chi connectivity index (χ3v) is 5.96. The molecule has 0 radical (unpaired) electrons. The Bertz CT molecular complexity index is 1010. The minimum Gasteiger partial charge on any atom is -0.481 e. The summed E-state index contributed by atoms with van der Waals surface area (Å²) >= 11 is 0. The van der Waals surface area contributed by atoms with E-state index in [9.17, 15) is 14.1 Å². The molecule has 0 bridgehead atoms. The van der Waals surface area contributed by atoms with Crippen molar-refractivity contribution in [3.8, 4) is 11.3 Å². The maximum Gasteiger partial charge on any atom is 0.307 e. The van der Waals surface area contributed by atoms with Crippen LogP contribution >= 0.6 is 0 Å². The van der Waals surface area contributed by atoms with Crippen LogP contribution in [0.5, 0.6) is 0 Å². The summed E-state index contributed by atoms with van der Waals surface area (Å²) in [5.41, 5.74) is 3.94.